The van der Waals surface area contributed by atoms with Gasteiger partial charge < -0.3 is 36.5 Å². The Morgan fingerprint density at radius 2 is 1.78 bits per heavy atom. The van der Waals surface area contributed by atoms with Crippen molar-refractivity contribution in [3.8, 4) is 28.5 Å². The summed E-state index contributed by atoms with van der Waals surface area (Å²) in [4.78, 5) is 0. The quantitative estimate of drug-likeness (QED) is 0.278. The summed E-state index contributed by atoms with van der Waals surface area (Å²) in [5, 5.41) is 6.16. The Hall–Kier alpha value is -3.25. The second-order valence-corrected chi connectivity index (χ2v) is 9.81. The molecule has 3 aromatic carbocycles. The van der Waals surface area contributed by atoms with Crippen molar-refractivity contribution in [2.75, 3.05) is 25.8 Å². The number of fused-ring (bicyclic) bond motifs is 5. The van der Waals surface area contributed by atoms with Crippen molar-refractivity contribution >= 4 is 16.5 Å². The molecule has 5 nitrogen and oxygen atoms in total. The molecule has 1 N–H and O–H groups in total. The number of nitrogens with zero attached hydrogens (tertiary/aromatic N) is 1. The maximum Gasteiger partial charge on any atom is 0.231 e. The molecule has 0 fully saturated rings. The van der Waals surface area contributed by atoms with Crippen LogP contribution in [-0.4, -0.2) is 20.4 Å². The third kappa shape index (κ3) is 4.63. The van der Waals surface area contributed by atoms with Gasteiger partial charge in [0.2, 0.25) is 12.5 Å². The van der Waals surface area contributed by atoms with Gasteiger partial charge in [0.25, 0.3) is 0 Å². The number of anilines is 1. The van der Waals surface area contributed by atoms with Crippen molar-refractivity contribution in [2.45, 2.75) is 46.1 Å². The van der Waals surface area contributed by atoms with E-state index in [9.17, 15) is 0 Å². The smallest absolute Gasteiger partial charge is 0.231 e. The van der Waals surface area contributed by atoms with Crippen molar-refractivity contribution in [3.63, 3.8) is 0 Å². The van der Waals surface area contributed by atoms with Crippen LogP contribution in [0.5, 0.6) is 17.2 Å². The number of methoxy groups -OCH3 is 1. The molecular formula is C31H33BrN2O3. The first-order valence-corrected chi connectivity index (χ1v) is 12.9. The number of unbranched alkanes of at least 4 members (excludes halogenated alkanes) is 1. The standard InChI is InChI=1S/C31H32N2O3.BrH/c1-4-5-13-32-30-26-18-33-14-12-22-16-28-29(36-19-35-28)17-24(22)31(33)25(23(26)10-11-27(30)34-3)15-21-8-6-20(2)7-9-21;/h6-11,16-18H,4-5,12-15,19H2,1-3H3;1H. The zero-order valence-corrected chi connectivity index (χ0v) is 23.3. The number of hydrogen-bond donors (Lipinski definition) is 1. The van der Waals surface area contributed by atoms with E-state index in [1.807, 2.05) is 0 Å². The number of nitrogens with one attached hydrogen (secondary N) is 1. The number of rotatable bonds is 7. The van der Waals surface area contributed by atoms with Crippen LogP contribution < -0.4 is 41.1 Å². The SMILES string of the molecule is CCCCNc1c(OC)ccc2c(Cc3ccc(C)cc3)c3[n+](cc12)CCc1cc2c(cc1-3)OCO2.[Br-]. The van der Waals surface area contributed by atoms with E-state index in [-0.39, 0.29) is 17.0 Å². The molecule has 6 heteroatoms. The summed E-state index contributed by atoms with van der Waals surface area (Å²) < 4.78 is 19.7. The molecule has 2 aliphatic rings. The van der Waals surface area contributed by atoms with Gasteiger partial charge in [-0.2, -0.15) is 4.57 Å². The van der Waals surface area contributed by atoms with Gasteiger partial charge in [0.15, 0.2) is 24.2 Å². The third-order valence-electron chi connectivity index (χ3n) is 7.42. The lowest BCUT2D eigenvalue weighted by molar-refractivity contribution is -0.686. The highest BCUT2D eigenvalue weighted by Gasteiger charge is 2.32. The molecular weight excluding hydrogens is 528 g/mol. The van der Waals surface area contributed by atoms with Crippen molar-refractivity contribution < 1.29 is 35.8 Å². The Labute approximate surface area is 229 Å². The van der Waals surface area contributed by atoms with Gasteiger partial charge in [0.05, 0.1) is 23.7 Å². The molecule has 0 radical (unpaired) electrons. The molecule has 192 valence electrons. The van der Waals surface area contributed by atoms with E-state index in [1.165, 1.54) is 44.3 Å². The lowest BCUT2D eigenvalue weighted by atomic mass is 9.88. The van der Waals surface area contributed by atoms with E-state index >= 15 is 0 Å². The summed E-state index contributed by atoms with van der Waals surface area (Å²) in [5.41, 5.74) is 8.83. The summed E-state index contributed by atoms with van der Waals surface area (Å²) in [6.45, 7) is 6.49. The van der Waals surface area contributed by atoms with E-state index in [4.69, 9.17) is 14.2 Å². The summed E-state index contributed by atoms with van der Waals surface area (Å²) >= 11 is 0. The van der Waals surface area contributed by atoms with Crippen LogP contribution in [0, 0.1) is 6.92 Å². The number of aryl methyl sites for hydroxylation is 3. The first-order chi connectivity index (χ1) is 17.7. The Bertz CT molecular complexity index is 1450. The zero-order valence-electron chi connectivity index (χ0n) is 21.7. The Balaban J connectivity index is 0.00000280. The lowest BCUT2D eigenvalue weighted by Gasteiger charge is -2.22. The minimum Gasteiger partial charge on any atom is -1.00 e. The largest absolute Gasteiger partial charge is 1.00 e. The molecule has 2 aliphatic heterocycles. The first kappa shape index (κ1) is 25.4. The number of aromatic nitrogens is 1. The highest BCUT2D eigenvalue weighted by atomic mass is 79.9. The van der Waals surface area contributed by atoms with Crippen LogP contribution in [0.15, 0.2) is 54.7 Å². The average molecular weight is 562 g/mol. The fraction of sp³-hybridized carbons (Fsp3) is 0.323. The maximum atomic E-state index is 5.80. The van der Waals surface area contributed by atoms with Crippen molar-refractivity contribution in [2.24, 2.45) is 0 Å². The second-order valence-electron chi connectivity index (χ2n) is 9.81. The topological polar surface area (TPSA) is 43.6 Å². The average Bonchev–Trinajstić information content (AvgIpc) is 3.36. The monoisotopic (exact) mass is 560 g/mol. The van der Waals surface area contributed by atoms with Crippen LogP contribution >= 0.6 is 0 Å². The molecule has 0 atom stereocenters. The summed E-state index contributed by atoms with van der Waals surface area (Å²) in [5.74, 6) is 2.58. The van der Waals surface area contributed by atoms with Gasteiger partial charge >= 0.3 is 0 Å². The molecule has 0 aliphatic carbocycles. The molecule has 0 saturated carbocycles. The van der Waals surface area contributed by atoms with Crippen LogP contribution in [0.1, 0.15) is 42.0 Å². The summed E-state index contributed by atoms with van der Waals surface area (Å²) in [6, 6.07) is 17.6. The van der Waals surface area contributed by atoms with Crippen LogP contribution in [0.3, 0.4) is 0 Å². The van der Waals surface area contributed by atoms with Crippen LogP contribution in [0.25, 0.3) is 22.0 Å². The number of hydrogen-bond acceptors (Lipinski definition) is 4. The highest BCUT2D eigenvalue weighted by Crippen LogP contribution is 2.43. The van der Waals surface area contributed by atoms with Crippen LogP contribution in [0.4, 0.5) is 5.69 Å². The Kier molecular flexibility index (Phi) is 7.29. The van der Waals surface area contributed by atoms with Crippen LogP contribution in [-0.2, 0) is 19.4 Å². The predicted octanol–water partition coefficient (Wildman–Crippen LogP) is 3.20. The first-order valence-electron chi connectivity index (χ1n) is 12.9. The van der Waals surface area contributed by atoms with Gasteiger partial charge in [0, 0.05) is 30.3 Å². The minimum atomic E-state index is 0. The van der Waals surface area contributed by atoms with Gasteiger partial charge in [-0.15, -0.1) is 0 Å². The van der Waals surface area contributed by atoms with Gasteiger partial charge in [0.1, 0.15) is 5.75 Å². The molecule has 6 rings (SSSR count). The molecule has 0 bridgehead atoms. The molecule has 3 heterocycles. The maximum absolute atomic E-state index is 5.80. The van der Waals surface area contributed by atoms with Crippen molar-refractivity contribution in [1.29, 1.82) is 0 Å². The van der Waals surface area contributed by atoms with Crippen molar-refractivity contribution in [3.05, 3.63) is 77.0 Å². The van der Waals surface area contributed by atoms with Crippen molar-refractivity contribution in [1.82, 2.24) is 0 Å². The van der Waals surface area contributed by atoms with Gasteiger partial charge in [-0.05, 0) is 48.7 Å². The zero-order chi connectivity index (χ0) is 24.6. The van der Waals surface area contributed by atoms with Gasteiger partial charge in [-0.1, -0.05) is 43.2 Å². The van der Waals surface area contributed by atoms with E-state index < -0.39 is 0 Å². The third-order valence-corrected chi connectivity index (χ3v) is 7.42. The summed E-state index contributed by atoms with van der Waals surface area (Å²) in [7, 11) is 1.75. The predicted molar refractivity (Wildman–Crippen MR) is 143 cm³/mol. The van der Waals surface area contributed by atoms with Crippen LogP contribution in [0.2, 0.25) is 0 Å². The highest BCUT2D eigenvalue weighted by molar-refractivity contribution is 6.00. The molecule has 4 aromatic rings. The number of pyridine rings is 1. The minimum absolute atomic E-state index is 0. The van der Waals surface area contributed by atoms with E-state index in [0.717, 1.165) is 61.7 Å². The fourth-order valence-electron chi connectivity index (χ4n) is 5.50. The molecule has 0 amide bonds. The van der Waals surface area contributed by atoms with Gasteiger partial charge in [-0.3, -0.25) is 0 Å². The normalized spacial score (nSPS) is 13.1. The Morgan fingerprint density at radius 3 is 2.54 bits per heavy atom. The number of halogens is 1. The van der Waals surface area contributed by atoms with E-state index in [0.29, 0.717) is 6.79 Å². The molecule has 0 saturated heterocycles. The molecule has 37 heavy (non-hydrogen) atoms. The molecule has 0 unspecified atom stereocenters. The number of benzene rings is 3. The summed E-state index contributed by atoms with van der Waals surface area (Å²) in [6.07, 6.45) is 6.39. The van der Waals surface area contributed by atoms with E-state index in [2.05, 4.69) is 78.5 Å². The molecule has 1 aromatic heterocycles. The Morgan fingerprint density at radius 1 is 1.00 bits per heavy atom. The molecule has 0 spiro atoms. The second kappa shape index (κ2) is 10.6. The lowest BCUT2D eigenvalue weighted by Crippen LogP contribution is -3.00. The van der Waals surface area contributed by atoms with E-state index in [1.54, 1.807) is 7.11 Å². The fourth-order valence-corrected chi connectivity index (χ4v) is 5.50. The van der Waals surface area contributed by atoms with Gasteiger partial charge in [-0.25, -0.2) is 0 Å². The number of ether oxygens (including phenoxy) is 3.